The van der Waals surface area contributed by atoms with E-state index in [0.717, 1.165) is 46.4 Å². The Labute approximate surface area is 171 Å². The number of fused-ring (bicyclic) bond motifs is 1. The van der Waals surface area contributed by atoms with Gasteiger partial charge in [-0.05, 0) is 30.7 Å². The summed E-state index contributed by atoms with van der Waals surface area (Å²) in [6, 6.07) is 7.58. The van der Waals surface area contributed by atoms with Gasteiger partial charge < -0.3 is 15.6 Å². The Hall–Kier alpha value is -3.45. The SMILES string of the molecule is Nc1ncc(-c2c[nH]c3ncc(Cl)cc23)cc1-c1ccc(N2CCCC2=O)cn1. The van der Waals surface area contributed by atoms with Crippen molar-refractivity contribution in [2.75, 3.05) is 17.2 Å². The summed E-state index contributed by atoms with van der Waals surface area (Å²) in [6.45, 7) is 0.732. The maximum Gasteiger partial charge on any atom is 0.227 e. The number of anilines is 2. The summed E-state index contributed by atoms with van der Waals surface area (Å²) in [5, 5.41) is 1.47. The molecule has 0 atom stereocenters. The van der Waals surface area contributed by atoms with Crippen LogP contribution in [0.4, 0.5) is 11.5 Å². The smallest absolute Gasteiger partial charge is 0.227 e. The average molecular weight is 405 g/mol. The predicted molar refractivity (Wildman–Crippen MR) is 114 cm³/mol. The van der Waals surface area contributed by atoms with Gasteiger partial charge in [-0.1, -0.05) is 11.6 Å². The quantitative estimate of drug-likeness (QED) is 0.536. The summed E-state index contributed by atoms with van der Waals surface area (Å²) in [5.74, 6) is 0.525. The van der Waals surface area contributed by atoms with Gasteiger partial charge in [-0.15, -0.1) is 0 Å². The molecule has 0 bridgehead atoms. The molecule has 144 valence electrons. The molecule has 29 heavy (non-hydrogen) atoms. The van der Waals surface area contributed by atoms with Crippen LogP contribution in [0.2, 0.25) is 5.02 Å². The van der Waals surface area contributed by atoms with Gasteiger partial charge in [0.05, 0.1) is 22.6 Å². The molecule has 0 radical (unpaired) electrons. The maximum absolute atomic E-state index is 11.9. The lowest BCUT2D eigenvalue weighted by atomic mass is 10.0. The second kappa shape index (κ2) is 6.86. The van der Waals surface area contributed by atoms with Gasteiger partial charge in [0, 0.05) is 53.6 Å². The summed E-state index contributed by atoms with van der Waals surface area (Å²) in [6.07, 6.45) is 8.38. The molecule has 0 aliphatic carbocycles. The number of H-pyrrole nitrogens is 1. The number of carbonyl (C=O) groups excluding carboxylic acids is 1. The first-order valence-corrected chi connectivity index (χ1v) is 9.63. The number of aromatic nitrogens is 4. The zero-order valence-electron chi connectivity index (χ0n) is 15.4. The van der Waals surface area contributed by atoms with Crippen LogP contribution in [0.15, 0.2) is 49.1 Å². The molecular weight excluding hydrogens is 388 g/mol. The molecule has 0 unspecified atom stereocenters. The monoisotopic (exact) mass is 404 g/mol. The van der Waals surface area contributed by atoms with Crippen LogP contribution in [0.1, 0.15) is 12.8 Å². The van der Waals surface area contributed by atoms with Gasteiger partial charge in [-0.2, -0.15) is 0 Å². The number of aromatic amines is 1. The second-order valence-corrected chi connectivity index (χ2v) is 7.40. The first-order chi connectivity index (χ1) is 14.1. The predicted octanol–water partition coefficient (Wildman–Crippen LogP) is 4.05. The fraction of sp³-hybridized carbons (Fsp3) is 0.143. The van der Waals surface area contributed by atoms with E-state index in [0.29, 0.717) is 23.0 Å². The molecule has 0 saturated carbocycles. The van der Waals surface area contributed by atoms with Crippen LogP contribution in [0.3, 0.4) is 0 Å². The topological polar surface area (TPSA) is 101 Å². The van der Waals surface area contributed by atoms with Gasteiger partial charge in [-0.25, -0.2) is 9.97 Å². The highest BCUT2D eigenvalue weighted by molar-refractivity contribution is 6.31. The van der Waals surface area contributed by atoms with Crippen LogP contribution in [0.5, 0.6) is 0 Å². The number of nitrogen functional groups attached to an aromatic ring is 1. The molecule has 4 aromatic heterocycles. The van der Waals surface area contributed by atoms with Crippen molar-refractivity contribution in [3.63, 3.8) is 0 Å². The minimum Gasteiger partial charge on any atom is -0.383 e. The zero-order valence-corrected chi connectivity index (χ0v) is 16.1. The van der Waals surface area contributed by atoms with Gasteiger partial charge in [-0.3, -0.25) is 9.78 Å². The van der Waals surface area contributed by atoms with Crippen LogP contribution in [-0.4, -0.2) is 32.4 Å². The highest BCUT2D eigenvalue weighted by Crippen LogP contribution is 2.33. The average Bonchev–Trinajstić information content (AvgIpc) is 3.34. The van der Waals surface area contributed by atoms with E-state index in [9.17, 15) is 4.79 Å². The van der Waals surface area contributed by atoms with Gasteiger partial charge in [0.1, 0.15) is 11.5 Å². The number of nitrogens with zero attached hydrogens (tertiary/aromatic N) is 4. The molecule has 5 rings (SSSR count). The number of pyridine rings is 3. The number of rotatable bonds is 3. The molecule has 1 aliphatic rings. The largest absolute Gasteiger partial charge is 0.383 e. The van der Waals surface area contributed by atoms with Crippen molar-refractivity contribution in [3.05, 3.63) is 54.1 Å². The Morgan fingerprint density at radius 2 is 1.97 bits per heavy atom. The number of amides is 1. The zero-order chi connectivity index (χ0) is 20.0. The Morgan fingerprint density at radius 1 is 1.07 bits per heavy atom. The van der Waals surface area contributed by atoms with Gasteiger partial charge in [0.25, 0.3) is 0 Å². The fourth-order valence-electron chi connectivity index (χ4n) is 3.67. The fourth-order valence-corrected chi connectivity index (χ4v) is 3.83. The number of hydrogen-bond donors (Lipinski definition) is 2. The highest BCUT2D eigenvalue weighted by atomic mass is 35.5. The van der Waals surface area contributed by atoms with Crippen molar-refractivity contribution < 1.29 is 4.79 Å². The number of nitrogens with two attached hydrogens (primary N) is 1. The summed E-state index contributed by atoms with van der Waals surface area (Å²) in [4.78, 5) is 30.0. The van der Waals surface area contributed by atoms with Crippen molar-refractivity contribution in [2.24, 2.45) is 0 Å². The molecule has 3 N–H and O–H groups in total. The van der Waals surface area contributed by atoms with E-state index < -0.39 is 0 Å². The lowest BCUT2D eigenvalue weighted by Gasteiger charge is -2.15. The van der Waals surface area contributed by atoms with Crippen LogP contribution in [-0.2, 0) is 4.79 Å². The third kappa shape index (κ3) is 3.09. The molecule has 1 amide bonds. The van der Waals surface area contributed by atoms with Crippen LogP contribution in [0, 0.1) is 0 Å². The molecular formula is C21H17ClN6O. The van der Waals surface area contributed by atoms with Gasteiger partial charge >= 0.3 is 0 Å². The van der Waals surface area contributed by atoms with E-state index in [-0.39, 0.29) is 5.91 Å². The van der Waals surface area contributed by atoms with Crippen LogP contribution < -0.4 is 10.6 Å². The van der Waals surface area contributed by atoms with E-state index in [1.807, 2.05) is 30.5 Å². The lowest BCUT2D eigenvalue weighted by Crippen LogP contribution is -2.23. The van der Waals surface area contributed by atoms with Crippen molar-refractivity contribution in [3.8, 4) is 22.4 Å². The summed E-state index contributed by atoms with van der Waals surface area (Å²) in [5.41, 5.74) is 10.9. The van der Waals surface area contributed by atoms with Crippen LogP contribution >= 0.6 is 11.6 Å². The Balaban J connectivity index is 1.54. The number of hydrogen-bond acceptors (Lipinski definition) is 5. The van der Waals surface area contributed by atoms with Gasteiger partial charge in [0.15, 0.2) is 0 Å². The normalized spacial score (nSPS) is 14.1. The molecule has 1 fully saturated rings. The molecule has 8 heteroatoms. The molecule has 1 aliphatic heterocycles. The van der Waals surface area contributed by atoms with Crippen molar-refractivity contribution in [1.29, 1.82) is 0 Å². The van der Waals surface area contributed by atoms with Crippen molar-refractivity contribution in [1.82, 2.24) is 19.9 Å². The molecule has 7 nitrogen and oxygen atoms in total. The number of halogens is 1. The maximum atomic E-state index is 11.9. The van der Waals surface area contributed by atoms with E-state index in [2.05, 4.69) is 19.9 Å². The minimum atomic E-state index is 0.134. The minimum absolute atomic E-state index is 0.134. The van der Waals surface area contributed by atoms with Crippen LogP contribution in [0.25, 0.3) is 33.4 Å². The lowest BCUT2D eigenvalue weighted by molar-refractivity contribution is -0.117. The molecule has 5 heterocycles. The first kappa shape index (κ1) is 17.6. The summed E-state index contributed by atoms with van der Waals surface area (Å²) >= 11 is 6.12. The van der Waals surface area contributed by atoms with Gasteiger partial charge in [0.2, 0.25) is 5.91 Å². The molecule has 4 aromatic rings. The third-order valence-corrected chi connectivity index (χ3v) is 5.34. The van der Waals surface area contributed by atoms with Crippen molar-refractivity contribution in [2.45, 2.75) is 12.8 Å². The molecule has 1 saturated heterocycles. The second-order valence-electron chi connectivity index (χ2n) is 6.96. The third-order valence-electron chi connectivity index (χ3n) is 5.14. The standard InChI is InChI=1S/C21H17ClN6O/c22-13-7-15-17(11-27-21(15)26-9-13)12-6-16(20(23)25-8-12)18-4-3-14(10-24-18)28-5-1-2-19(28)29/h3-4,6-11H,1-2,5H2,(H2,23,25)(H,26,27). The van der Waals surface area contributed by atoms with E-state index in [4.69, 9.17) is 17.3 Å². The number of carbonyl (C=O) groups is 1. The van der Waals surface area contributed by atoms with E-state index >= 15 is 0 Å². The Bertz CT molecular complexity index is 1230. The summed E-state index contributed by atoms with van der Waals surface area (Å²) < 4.78 is 0. The van der Waals surface area contributed by atoms with E-state index in [1.54, 1.807) is 23.5 Å². The highest BCUT2D eigenvalue weighted by Gasteiger charge is 2.22. The Kier molecular flexibility index (Phi) is 4.17. The summed E-state index contributed by atoms with van der Waals surface area (Å²) in [7, 11) is 0. The van der Waals surface area contributed by atoms with Crippen molar-refractivity contribution >= 4 is 40.0 Å². The molecule has 0 spiro atoms. The molecule has 0 aromatic carbocycles. The van der Waals surface area contributed by atoms with E-state index in [1.165, 1.54) is 0 Å². The first-order valence-electron chi connectivity index (χ1n) is 9.25. The Morgan fingerprint density at radius 3 is 2.72 bits per heavy atom. The number of nitrogens with one attached hydrogen (secondary N) is 1.